The number of carbonyl (C=O) groups excluding carboxylic acids is 1. The topological polar surface area (TPSA) is 81.4 Å². The maximum Gasteiger partial charge on any atom is 0.358 e. The fraction of sp³-hybridized carbons (Fsp3) is 0.192. The fourth-order valence-electron chi connectivity index (χ4n) is 4.40. The molecule has 2 heterocycles. The highest BCUT2D eigenvalue weighted by Gasteiger charge is 2.25. The van der Waals surface area contributed by atoms with Crippen molar-refractivity contribution in [3.05, 3.63) is 92.4 Å². The summed E-state index contributed by atoms with van der Waals surface area (Å²) in [5, 5.41) is 4.03. The predicted octanol–water partition coefficient (Wildman–Crippen LogP) is 5.57. The number of benzene rings is 2. The molecular weight excluding hydrogens is 440 g/mol. The number of carbonyl (C=O) groups is 1. The van der Waals surface area contributed by atoms with E-state index in [4.69, 9.17) is 20.8 Å². The van der Waals surface area contributed by atoms with Crippen LogP contribution in [0.5, 0.6) is 0 Å². The van der Waals surface area contributed by atoms with Crippen LogP contribution in [0.2, 0.25) is 5.15 Å². The van der Waals surface area contributed by atoms with Crippen LogP contribution in [-0.2, 0) is 17.6 Å². The number of methoxy groups -OCH3 is 1. The van der Waals surface area contributed by atoms with E-state index >= 15 is 0 Å². The number of hydrogen-bond donors (Lipinski definition) is 1. The van der Waals surface area contributed by atoms with Gasteiger partial charge in [0, 0.05) is 16.7 Å². The molecule has 5 rings (SSSR count). The number of ether oxygens (including phenoxy) is 1. The Labute approximate surface area is 195 Å². The third-order valence-electron chi connectivity index (χ3n) is 6.03. The molecule has 2 aromatic carbocycles. The molecule has 0 aliphatic heterocycles. The first-order valence-electron chi connectivity index (χ1n) is 10.7. The van der Waals surface area contributed by atoms with Gasteiger partial charge >= 0.3 is 5.97 Å². The zero-order valence-electron chi connectivity index (χ0n) is 18.1. The summed E-state index contributed by atoms with van der Waals surface area (Å²) < 4.78 is 11.3. The molecule has 2 aromatic heterocycles. The summed E-state index contributed by atoms with van der Waals surface area (Å²) >= 11 is 5.98. The quantitative estimate of drug-likeness (QED) is 0.317. The summed E-state index contributed by atoms with van der Waals surface area (Å²) in [6.45, 7) is 1.93. The van der Waals surface area contributed by atoms with Crippen molar-refractivity contribution in [3.8, 4) is 11.3 Å². The number of esters is 1. The first-order chi connectivity index (χ1) is 16.0. The molecule has 1 aliphatic rings. The number of nitrogens with zero attached hydrogens (tertiary/aromatic N) is 1. The Kier molecular flexibility index (Phi) is 5.38. The van der Waals surface area contributed by atoms with Crippen molar-refractivity contribution in [1.82, 2.24) is 4.98 Å². The average Bonchev–Trinajstić information content (AvgIpc) is 2.84. The summed E-state index contributed by atoms with van der Waals surface area (Å²) in [4.78, 5) is 29.7. The lowest BCUT2D eigenvalue weighted by Gasteiger charge is -2.21. The minimum atomic E-state index is -0.595. The second-order valence-corrected chi connectivity index (χ2v) is 8.39. The van der Waals surface area contributed by atoms with Crippen molar-refractivity contribution in [2.45, 2.75) is 25.8 Å². The molecule has 166 valence electrons. The molecule has 0 fully saturated rings. The summed E-state index contributed by atoms with van der Waals surface area (Å²) in [5.74, 6) is 0.0414. The van der Waals surface area contributed by atoms with E-state index in [2.05, 4.69) is 16.4 Å². The number of hydrogen-bond acceptors (Lipinski definition) is 6. The molecule has 1 N–H and O–H groups in total. The van der Waals surface area contributed by atoms with Gasteiger partial charge in [-0.2, -0.15) is 0 Å². The van der Waals surface area contributed by atoms with Gasteiger partial charge in [-0.1, -0.05) is 48.0 Å². The van der Waals surface area contributed by atoms with Crippen molar-refractivity contribution >= 4 is 34.2 Å². The summed E-state index contributed by atoms with van der Waals surface area (Å²) in [6, 6.07) is 16.5. The molecule has 0 unspecified atom stereocenters. The highest BCUT2D eigenvalue weighted by Crippen LogP contribution is 2.36. The first-order valence-corrected chi connectivity index (χ1v) is 11.0. The maximum absolute atomic E-state index is 13.4. The lowest BCUT2D eigenvalue weighted by Crippen LogP contribution is -2.18. The van der Waals surface area contributed by atoms with Crippen molar-refractivity contribution in [2.75, 3.05) is 12.4 Å². The van der Waals surface area contributed by atoms with Crippen molar-refractivity contribution < 1.29 is 13.9 Å². The van der Waals surface area contributed by atoms with Gasteiger partial charge in [-0.15, -0.1) is 0 Å². The van der Waals surface area contributed by atoms with Crippen LogP contribution in [0.15, 0.2) is 63.8 Å². The van der Waals surface area contributed by atoms with Crippen LogP contribution in [0, 0.1) is 0 Å². The van der Waals surface area contributed by atoms with Crippen LogP contribution in [-0.4, -0.2) is 18.1 Å². The minimum absolute atomic E-state index is 0.00166. The lowest BCUT2D eigenvalue weighted by atomic mass is 9.89. The molecule has 0 radical (unpaired) electrons. The largest absolute Gasteiger partial charge is 0.464 e. The molecule has 0 amide bonds. The maximum atomic E-state index is 13.4. The normalized spacial score (nSPS) is 13.2. The molecule has 0 bridgehead atoms. The number of aryl methyl sites for hydroxylation is 1. The van der Waals surface area contributed by atoms with Crippen molar-refractivity contribution in [3.63, 3.8) is 0 Å². The Morgan fingerprint density at radius 2 is 1.94 bits per heavy atom. The minimum Gasteiger partial charge on any atom is -0.464 e. The highest BCUT2D eigenvalue weighted by atomic mass is 35.5. The predicted molar refractivity (Wildman–Crippen MR) is 128 cm³/mol. The Balaban J connectivity index is 1.63. The number of nitrogens with one attached hydrogen (secondary N) is 1. The molecule has 0 spiro atoms. The Hall–Kier alpha value is -3.64. The number of halogens is 1. The van der Waals surface area contributed by atoms with E-state index in [0.717, 1.165) is 17.5 Å². The standard InChI is InChI=1S/C26H21ClN2O4/c1-14(28-20-12-13-21(27)29-22(20)26(31)32-2)16-8-5-9-18-23(30)19-11-10-15-6-3-4-7-17(15)25(19)33-24(16)18/h3-9,12-14,28H,10-11H2,1-2H3/t14-/m1/s1. The first kappa shape index (κ1) is 21.2. The third kappa shape index (κ3) is 3.66. The zero-order valence-corrected chi connectivity index (χ0v) is 18.9. The second-order valence-electron chi connectivity index (χ2n) is 8.01. The molecular formula is C26H21ClN2O4. The molecule has 0 saturated heterocycles. The zero-order chi connectivity index (χ0) is 23.1. The van der Waals surface area contributed by atoms with Gasteiger partial charge in [-0.05, 0) is 43.5 Å². The van der Waals surface area contributed by atoms with Crippen LogP contribution in [0.1, 0.15) is 40.1 Å². The van der Waals surface area contributed by atoms with E-state index in [1.165, 1.54) is 12.7 Å². The molecule has 33 heavy (non-hydrogen) atoms. The Morgan fingerprint density at radius 1 is 1.12 bits per heavy atom. The van der Waals surface area contributed by atoms with Gasteiger partial charge in [-0.3, -0.25) is 4.79 Å². The van der Waals surface area contributed by atoms with Crippen LogP contribution in [0.25, 0.3) is 22.3 Å². The van der Waals surface area contributed by atoms with Crippen LogP contribution in [0.3, 0.4) is 0 Å². The number of aromatic nitrogens is 1. The number of anilines is 1. The summed E-state index contributed by atoms with van der Waals surface area (Å²) in [7, 11) is 1.29. The van der Waals surface area contributed by atoms with E-state index in [1.54, 1.807) is 18.2 Å². The van der Waals surface area contributed by atoms with Crippen LogP contribution in [0.4, 0.5) is 5.69 Å². The molecule has 7 heteroatoms. The van der Waals surface area contributed by atoms with E-state index in [9.17, 15) is 9.59 Å². The van der Waals surface area contributed by atoms with Gasteiger partial charge in [0.1, 0.15) is 16.5 Å². The second kappa shape index (κ2) is 8.37. The van der Waals surface area contributed by atoms with Crippen LogP contribution < -0.4 is 10.7 Å². The molecule has 6 nitrogen and oxygen atoms in total. The van der Waals surface area contributed by atoms with E-state index in [-0.39, 0.29) is 22.3 Å². The van der Waals surface area contributed by atoms with Gasteiger partial charge in [0.05, 0.1) is 24.2 Å². The average molecular weight is 461 g/mol. The van der Waals surface area contributed by atoms with E-state index in [0.29, 0.717) is 34.4 Å². The summed E-state index contributed by atoms with van der Waals surface area (Å²) in [5.41, 5.74) is 4.73. The highest BCUT2D eigenvalue weighted by molar-refractivity contribution is 6.29. The van der Waals surface area contributed by atoms with E-state index < -0.39 is 5.97 Å². The van der Waals surface area contributed by atoms with Gasteiger partial charge in [0.2, 0.25) is 0 Å². The van der Waals surface area contributed by atoms with Crippen molar-refractivity contribution in [1.29, 1.82) is 0 Å². The van der Waals surface area contributed by atoms with Gasteiger partial charge in [-0.25, -0.2) is 9.78 Å². The SMILES string of the molecule is COC(=O)c1nc(Cl)ccc1N[C@H](C)c1cccc2c(=O)c3c(oc12)-c1ccccc1CC3. The Morgan fingerprint density at radius 3 is 2.76 bits per heavy atom. The van der Waals surface area contributed by atoms with Gasteiger partial charge in [0.15, 0.2) is 11.1 Å². The number of rotatable bonds is 4. The van der Waals surface area contributed by atoms with Gasteiger partial charge < -0.3 is 14.5 Å². The smallest absolute Gasteiger partial charge is 0.358 e. The summed E-state index contributed by atoms with van der Waals surface area (Å²) in [6.07, 6.45) is 1.47. The van der Waals surface area contributed by atoms with Crippen molar-refractivity contribution in [2.24, 2.45) is 0 Å². The van der Waals surface area contributed by atoms with Gasteiger partial charge in [0.25, 0.3) is 0 Å². The monoisotopic (exact) mass is 460 g/mol. The molecule has 1 atom stereocenters. The van der Waals surface area contributed by atoms with Crippen LogP contribution >= 0.6 is 11.6 Å². The molecule has 4 aromatic rings. The van der Waals surface area contributed by atoms with E-state index in [1.807, 2.05) is 37.3 Å². The number of fused-ring (bicyclic) bond motifs is 4. The molecule has 0 saturated carbocycles. The lowest BCUT2D eigenvalue weighted by molar-refractivity contribution is 0.0595. The number of para-hydroxylation sites is 1. The third-order valence-corrected chi connectivity index (χ3v) is 6.24. The number of pyridine rings is 1. The fourth-order valence-corrected chi connectivity index (χ4v) is 4.54. The Bertz CT molecular complexity index is 1460. The molecule has 1 aliphatic carbocycles.